The van der Waals surface area contributed by atoms with Crippen LogP contribution < -0.4 is 11.1 Å². The van der Waals surface area contributed by atoms with Crippen LogP contribution in [-0.2, 0) is 9.53 Å². The van der Waals surface area contributed by atoms with Crippen LogP contribution in [0.5, 0.6) is 0 Å². The summed E-state index contributed by atoms with van der Waals surface area (Å²) in [6.07, 6.45) is 0.934. The second-order valence-corrected chi connectivity index (χ2v) is 4.40. The summed E-state index contributed by atoms with van der Waals surface area (Å²) in [5.41, 5.74) is 7.65. The lowest BCUT2D eigenvalue weighted by atomic mass is 9.81. The summed E-state index contributed by atoms with van der Waals surface area (Å²) in [5.74, 6) is -0.0626. The number of hydrogen-bond donors (Lipinski definition) is 2. The van der Waals surface area contributed by atoms with E-state index in [1.165, 1.54) is 7.11 Å². The topological polar surface area (TPSA) is 64.3 Å². The molecule has 1 saturated heterocycles. The summed E-state index contributed by atoms with van der Waals surface area (Å²) in [6.45, 7) is 1.60. The molecule has 2 rings (SSSR count). The van der Waals surface area contributed by atoms with E-state index in [-0.39, 0.29) is 17.8 Å². The Morgan fingerprint density at radius 1 is 1.53 bits per heavy atom. The maximum atomic E-state index is 11.7. The van der Waals surface area contributed by atoms with Crippen molar-refractivity contribution in [3.05, 3.63) is 29.8 Å². The Bertz CT molecular complexity index is 406. The van der Waals surface area contributed by atoms with Gasteiger partial charge in [-0.15, -0.1) is 0 Å². The maximum absolute atomic E-state index is 11.7. The number of carbonyl (C=O) groups excluding carboxylic acids is 1. The van der Waals surface area contributed by atoms with E-state index in [0.717, 1.165) is 24.2 Å². The first kappa shape index (κ1) is 11.9. The number of piperidine rings is 1. The zero-order valence-electron chi connectivity index (χ0n) is 9.98. The lowest BCUT2D eigenvalue weighted by Gasteiger charge is -2.30. The molecule has 1 fully saturated rings. The molecule has 4 nitrogen and oxygen atoms in total. The van der Waals surface area contributed by atoms with E-state index < -0.39 is 0 Å². The number of esters is 1. The van der Waals surface area contributed by atoms with Gasteiger partial charge >= 0.3 is 5.97 Å². The van der Waals surface area contributed by atoms with Gasteiger partial charge in [-0.1, -0.05) is 12.1 Å². The second kappa shape index (κ2) is 5.19. The van der Waals surface area contributed by atoms with Crippen molar-refractivity contribution in [3.8, 4) is 0 Å². The fourth-order valence-electron chi connectivity index (χ4n) is 2.45. The second-order valence-electron chi connectivity index (χ2n) is 4.40. The van der Waals surface area contributed by atoms with Gasteiger partial charge in [-0.05, 0) is 36.6 Å². The average molecular weight is 234 g/mol. The first-order valence-electron chi connectivity index (χ1n) is 5.86. The maximum Gasteiger partial charge on any atom is 0.310 e. The van der Waals surface area contributed by atoms with E-state index in [9.17, 15) is 4.79 Å². The number of nitrogens with two attached hydrogens (primary N) is 1. The smallest absolute Gasteiger partial charge is 0.310 e. The number of ether oxygens (including phenoxy) is 1. The number of nitrogen functional groups attached to an aromatic ring is 1. The number of rotatable bonds is 2. The molecule has 0 aliphatic carbocycles. The van der Waals surface area contributed by atoms with Crippen molar-refractivity contribution in [3.63, 3.8) is 0 Å². The number of methoxy groups -OCH3 is 1. The van der Waals surface area contributed by atoms with Gasteiger partial charge in [0, 0.05) is 12.2 Å². The largest absolute Gasteiger partial charge is 0.469 e. The molecule has 4 heteroatoms. The van der Waals surface area contributed by atoms with Crippen LogP contribution in [0.3, 0.4) is 0 Å². The first-order valence-corrected chi connectivity index (χ1v) is 5.86. The predicted molar refractivity (Wildman–Crippen MR) is 66.6 cm³/mol. The van der Waals surface area contributed by atoms with Crippen molar-refractivity contribution < 1.29 is 9.53 Å². The molecule has 0 bridgehead atoms. The Kier molecular flexibility index (Phi) is 3.64. The van der Waals surface area contributed by atoms with Gasteiger partial charge < -0.3 is 15.8 Å². The fraction of sp³-hybridized carbons (Fsp3) is 0.462. The number of carbonyl (C=O) groups is 1. The summed E-state index contributed by atoms with van der Waals surface area (Å²) >= 11 is 0. The summed E-state index contributed by atoms with van der Waals surface area (Å²) in [7, 11) is 1.44. The van der Waals surface area contributed by atoms with Crippen LogP contribution in [0.25, 0.3) is 0 Å². The van der Waals surface area contributed by atoms with E-state index >= 15 is 0 Å². The van der Waals surface area contributed by atoms with Crippen molar-refractivity contribution in [2.45, 2.75) is 12.3 Å². The third-order valence-corrected chi connectivity index (χ3v) is 3.32. The molecule has 1 aliphatic rings. The number of hydrogen-bond acceptors (Lipinski definition) is 4. The van der Waals surface area contributed by atoms with Crippen molar-refractivity contribution in [2.24, 2.45) is 5.92 Å². The normalized spacial score (nSPS) is 24.3. The molecule has 1 aromatic carbocycles. The molecule has 1 aromatic rings. The molecular formula is C13H18N2O2. The lowest BCUT2D eigenvalue weighted by molar-refractivity contribution is -0.146. The van der Waals surface area contributed by atoms with Crippen LogP contribution in [0.2, 0.25) is 0 Å². The van der Waals surface area contributed by atoms with Crippen LogP contribution in [0.1, 0.15) is 17.9 Å². The van der Waals surface area contributed by atoms with E-state index in [0.29, 0.717) is 6.54 Å². The molecule has 0 saturated carbocycles. The van der Waals surface area contributed by atoms with Gasteiger partial charge in [-0.3, -0.25) is 4.79 Å². The van der Waals surface area contributed by atoms with Gasteiger partial charge in [0.15, 0.2) is 0 Å². The van der Waals surface area contributed by atoms with Gasteiger partial charge in [0.1, 0.15) is 0 Å². The molecule has 92 valence electrons. The van der Waals surface area contributed by atoms with E-state index in [1.807, 2.05) is 24.3 Å². The van der Waals surface area contributed by atoms with Crippen LogP contribution in [-0.4, -0.2) is 26.2 Å². The molecule has 3 N–H and O–H groups in total. The highest BCUT2D eigenvalue weighted by Gasteiger charge is 2.32. The lowest BCUT2D eigenvalue weighted by Crippen LogP contribution is -2.40. The quantitative estimate of drug-likeness (QED) is 0.595. The Morgan fingerprint density at radius 3 is 3.06 bits per heavy atom. The highest BCUT2D eigenvalue weighted by molar-refractivity contribution is 5.74. The highest BCUT2D eigenvalue weighted by atomic mass is 16.5. The van der Waals surface area contributed by atoms with Crippen LogP contribution >= 0.6 is 0 Å². The Morgan fingerprint density at radius 2 is 2.35 bits per heavy atom. The monoisotopic (exact) mass is 234 g/mol. The number of anilines is 1. The third kappa shape index (κ3) is 2.58. The molecule has 1 heterocycles. The molecule has 1 aliphatic heterocycles. The summed E-state index contributed by atoms with van der Waals surface area (Å²) in [4.78, 5) is 11.7. The van der Waals surface area contributed by atoms with Crippen LogP contribution in [0.15, 0.2) is 24.3 Å². The van der Waals surface area contributed by atoms with Gasteiger partial charge in [0.25, 0.3) is 0 Å². The molecule has 2 atom stereocenters. The Balaban J connectivity index is 2.24. The minimum atomic E-state index is -0.148. The number of benzene rings is 1. The molecule has 0 aromatic heterocycles. The predicted octanol–water partition coefficient (Wildman–Crippen LogP) is 1.13. The van der Waals surface area contributed by atoms with E-state index in [1.54, 1.807) is 0 Å². The van der Waals surface area contributed by atoms with Crippen molar-refractivity contribution in [2.75, 3.05) is 25.9 Å². The zero-order valence-corrected chi connectivity index (χ0v) is 9.98. The van der Waals surface area contributed by atoms with E-state index in [2.05, 4.69) is 5.32 Å². The molecule has 0 radical (unpaired) electrons. The van der Waals surface area contributed by atoms with Crippen LogP contribution in [0.4, 0.5) is 5.69 Å². The van der Waals surface area contributed by atoms with Crippen molar-refractivity contribution in [1.29, 1.82) is 0 Å². The Hall–Kier alpha value is -1.55. The summed E-state index contributed by atoms with van der Waals surface area (Å²) < 4.78 is 4.86. The average Bonchev–Trinajstić information content (AvgIpc) is 2.38. The van der Waals surface area contributed by atoms with Crippen LogP contribution in [0, 0.1) is 5.92 Å². The van der Waals surface area contributed by atoms with E-state index in [4.69, 9.17) is 10.5 Å². The number of nitrogens with one attached hydrogen (secondary N) is 1. The fourth-order valence-corrected chi connectivity index (χ4v) is 2.45. The zero-order chi connectivity index (χ0) is 12.3. The third-order valence-electron chi connectivity index (χ3n) is 3.32. The molecule has 17 heavy (non-hydrogen) atoms. The molecular weight excluding hydrogens is 216 g/mol. The summed E-state index contributed by atoms with van der Waals surface area (Å²) in [5, 5.41) is 3.23. The standard InChI is InChI=1S/C13H18N2O2/c1-17-13(16)12-8-15-6-5-11(12)9-3-2-4-10(14)7-9/h2-4,7,11-12,15H,5-6,8,14H2,1H3/t11-,12?/m1/s1. The van der Waals surface area contributed by atoms with Crippen molar-refractivity contribution in [1.82, 2.24) is 5.32 Å². The highest BCUT2D eigenvalue weighted by Crippen LogP contribution is 2.31. The molecule has 0 amide bonds. The van der Waals surface area contributed by atoms with Gasteiger partial charge in [-0.25, -0.2) is 0 Å². The minimum absolute atomic E-state index is 0.115. The SMILES string of the molecule is COC(=O)C1CNCC[C@@H]1c1cccc(N)c1. The first-order chi connectivity index (χ1) is 8.22. The van der Waals surface area contributed by atoms with Gasteiger partial charge in [0.05, 0.1) is 13.0 Å². The van der Waals surface area contributed by atoms with Gasteiger partial charge in [0.2, 0.25) is 0 Å². The minimum Gasteiger partial charge on any atom is -0.469 e. The molecule has 0 spiro atoms. The summed E-state index contributed by atoms with van der Waals surface area (Å²) in [6, 6.07) is 7.77. The van der Waals surface area contributed by atoms with Gasteiger partial charge in [-0.2, -0.15) is 0 Å². The molecule has 1 unspecified atom stereocenters. The Labute approximate surface area is 101 Å². The van der Waals surface area contributed by atoms with Crippen molar-refractivity contribution >= 4 is 11.7 Å².